The largest absolute Gasteiger partial charge is 0.477 e. The summed E-state index contributed by atoms with van der Waals surface area (Å²) in [6.45, 7) is 0. The third-order valence-electron chi connectivity index (χ3n) is 1.29. The predicted octanol–water partition coefficient (Wildman–Crippen LogP) is 1.14. The number of aromatic carboxylic acids is 1. The standard InChI is InChI=1S/C8H10N2O3S/c1-14(2,13)10-6-3-4-9-7(5-6)8(11)12/h3-5H,1-2H3,(H,11,12). The number of aromatic nitrogens is 1. The van der Waals surface area contributed by atoms with Gasteiger partial charge in [0.05, 0.1) is 5.69 Å². The maximum absolute atomic E-state index is 11.3. The molecule has 14 heavy (non-hydrogen) atoms. The zero-order chi connectivity index (χ0) is 10.8. The van der Waals surface area contributed by atoms with Crippen molar-refractivity contribution in [3.63, 3.8) is 0 Å². The van der Waals surface area contributed by atoms with Gasteiger partial charge in [-0.25, -0.2) is 14.0 Å². The van der Waals surface area contributed by atoms with E-state index in [0.29, 0.717) is 5.69 Å². The fraction of sp³-hybridized carbons (Fsp3) is 0.250. The minimum Gasteiger partial charge on any atom is -0.477 e. The van der Waals surface area contributed by atoms with Crippen LogP contribution in [0.15, 0.2) is 22.7 Å². The molecule has 1 aromatic heterocycles. The van der Waals surface area contributed by atoms with E-state index in [1.807, 2.05) is 0 Å². The zero-order valence-corrected chi connectivity index (χ0v) is 8.61. The Morgan fingerprint density at radius 3 is 2.71 bits per heavy atom. The summed E-state index contributed by atoms with van der Waals surface area (Å²) in [5.74, 6) is -1.12. The first kappa shape index (κ1) is 10.6. The first-order valence-electron chi connectivity index (χ1n) is 3.75. The van der Waals surface area contributed by atoms with E-state index >= 15 is 0 Å². The number of carboxylic acids is 1. The van der Waals surface area contributed by atoms with Gasteiger partial charge in [0, 0.05) is 28.4 Å². The maximum Gasteiger partial charge on any atom is 0.354 e. The number of hydrogen-bond donors (Lipinski definition) is 1. The van der Waals surface area contributed by atoms with Crippen LogP contribution in [0.3, 0.4) is 0 Å². The van der Waals surface area contributed by atoms with Crippen LogP contribution in [0.4, 0.5) is 5.69 Å². The minimum absolute atomic E-state index is 0.102. The van der Waals surface area contributed by atoms with Gasteiger partial charge in [0.15, 0.2) is 0 Å². The molecule has 0 aliphatic rings. The summed E-state index contributed by atoms with van der Waals surface area (Å²) in [4.78, 5) is 14.2. The van der Waals surface area contributed by atoms with Crippen LogP contribution in [0, 0.1) is 0 Å². The maximum atomic E-state index is 11.3. The molecule has 0 aliphatic heterocycles. The van der Waals surface area contributed by atoms with Crippen LogP contribution in [0.25, 0.3) is 0 Å². The summed E-state index contributed by atoms with van der Waals surface area (Å²) >= 11 is 0. The number of nitrogens with zero attached hydrogens (tertiary/aromatic N) is 2. The average molecular weight is 214 g/mol. The molecule has 76 valence electrons. The van der Waals surface area contributed by atoms with Gasteiger partial charge in [-0.1, -0.05) is 0 Å². The van der Waals surface area contributed by atoms with E-state index in [0.717, 1.165) is 0 Å². The van der Waals surface area contributed by atoms with E-state index in [-0.39, 0.29) is 5.69 Å². The van der Waals surface area contributed by atoms with E-state index < -0.39 is 15.7 Å². The van der Waals surface area contributed by atoms with Crippen molar-refractivity contribution < 1.29 is 14.1 Å². The van der Waals surface area contributed by atoms with Gasteiger partial charge in [-0.2, -0.15) is 4.36 Å². The molecule has 1 aromatic rings. The quantitative estimate of drug-likeness (QED) is 0.800. The summed E-state index contributed by atoms with van der Waals surface area (Å²) < 4.78 is 15.2. The third-order valence-corrected chi connectivity index (χ3v) is 1.94. The molecule has 5 nitrogen and oxygen atoms in total. The summed E-state index contributed by atoms with van der Waals surface area (Å²) in [6, 6.07) is 2.80. The van der Waals surface area contributed by atoms with Gasteiger partial charge >= 0.3 is 5.97 Å². The van der Waals surface area contributed by atoms with Gasteiger partial charge in [0.2, 0.25) is 0 Å². The lowest BCUT2D eigenvalue weighted by atomic mass is 10.3. The van der Waals surface area contributed by atoms with E-state index in [4.69, 9.17) is 5.11 Å². The summed E-state index contributed by atoms with van der Waals surface area (Å²) in [5.41, 5.74) is 0.266. The van der Waals surface area contributed by atoms with E-state index in [9.17, 15) is 9.00 Å². The normalized spacial score (nSPS) is 11.0. The lowest BCUT2D eigenvalue weighted by molar-refractivity contribution is 0.0690. The Balaban J connectivity index is 3.20. The highest BCUT2D eigenvalue weighted by Crippen LogP contribution is 2.13. The molecule has 0 saturated heterocycles. The van der Waals surface area contributed by atoms with Crippen molar-refractivity contribution in [2.75, 3.05) is 12.5 Å². The second-order valence-corrected chi connectivity index (χ2v) is 5.52. The Morgan fingerprint density at radius 1 is 1.57 bits per heavy atom. The highest BCUT2D eigenvalue weighted by atomic mass is 32.2. The molecule has 0 amide bonds. The van der Waals surface area contributed by atoms with Crippen LogP contribution >= 0.6 is 0 Å². The predicted molar refractivity (Wildman–Crippen MR) is 53.3 cm³/mol. The molecule has 0 fully saturated rings. The lowest BCUT2D eigenvalue weighted by Gasteiger charge is -1.97. The van der Waals surface area contributed by atoms with Crippen LogP contribution in [-0.4, -0.2) is 32.8 Å². The Hall–Kier alpha value is -1.43. The number of hydrogen-bond acceptors (Lipinski definition) is 4. The van der Waals surface area contributed by atoms with Crippen molar-refractivity contribution in [2.45, 2.75) is 0 Å². The van der Waals surface area contributed by atoms with Crippen LogP contribution in [-0.2, 0) is 9.73 Å². The average Bonchev–Trinajstić information content (AvgIpc) is 2.01. The fourth-order valence-corrected chi connectivity index (χ4v) is 1.47. The minimum atomic E-state index is -2.27. The Bertz CT molecular complexity index is 467. The SMILES string of the molecule is CS(C)(=O)=Nc1ccnc(C(=O)O)c1. The molecule has 0 aliphatic carbocycles. The van der Waals surface area contributed by atoms with E-state index in [1.54, 1.807) is 0 Å². The van der Waals surface area contributed by atoms with E-state index in [2.05, 4.69) is 9.35 Å². The lowest BCUT2D eigenvalue weighted by Crippen LogP contribution is -1.99. The summed E-state index contributed by atoms with van der Waals surface area (Å²) in [5, 5.41) is 8.63. The topological polar surface area (TPSA) is 79.6 Å². The summed E-state index contributed by atoms with van der Waals surface area (Å²) in [6.07, 6.45) is 4.29. The van der Waals surface area contributed by atoms with Gasteiger partial charge in [0.1, 0.15) is 5.69 Å². The first-order chi connectivity index (χ1) is 6.38. The van der Waals surface area contributed by atoms with Crippen molar-refractivity contribution in [3.05, 3.63) is 24.0 Å². The molecule has 0 bridgehead atoms. The molecule has 1 heterocycles. The molecule has 1 N–H and O–H groups in total. The number of carboxylic acid groups (broad SMARTS) is 1. The first-order valence-corrected chi connectivity index (χ1v) is 6.08. The van der Waals surface area contributed by atoms with Crippen molar-refractivity contribution >= 4 is 21.4 Å². The smallest absolute Gasteiger partial charge is 0.354 e. The van der Waals surface area contributed by atoms with Gasteiger partial charge in [-0.15, -0.1) is 0 Å². The Labute approximate surface area is 82.0 Å². The highest BCUT2D eigenvalue weighted by Gasteiger charge is 2.04. The van der Waals surface area contributed by atoms with Crippen LogP contribution in [0.2, 0.25) is 0 Å². The molecule has 0 unspecified atom stereocenters. The second kappa shape index (κ2) is 3.75. The van der Waals surface area contributed by atoms with Gasteiger partial charge in [-0.05, 0) is 12.1 Å². The molecule has 1 rings (SSSR count). The Kier molecular flexibility index (Phi) is 2.85. The van der Waals surface area contributed by atoms with Crippen molar-refractivity contribution in [2.24, 2.45) is 4.36 Å². The molecule has 0 spiro atoms. The van der Waals surface area contributed by atoms with Crippen LogP contribution in [0.1, 0.15) is 10.5 Å². The molecular weight excluding hydrogens is 204 g/mol. The number of carbonyl (C=O) groups is 1. The molecule has 0 atom stereocenters. The second-order valence-electron chi connectivity index (χ2n) is 2.98. The molecule has 0 saturated carbocycles. The van der Waals surface area contributed by atoms with Crippen LogP contribution in [0.5, 0.6) is 0 Å². The summed E-state index contributed by atoms with van der Waals surface area (Å²) in [7, 11) is -2.27. The molecular formula is C8H10N2O3S. The van der Waals surface area contributed by atoms with Crippen LogP contribution < -0.4 is 0 Å². The van der Waals surface area contributed by atoms with Gasteiger partial charge in [0.25, 0.3) is 0 Å². The van der Waals surface area contributed by atoms with Crippen molar-refractivity contribution in [1.82, 2.24) is 4.98 Å². The number of rotatable bonds is 2. The van der Waals surface area contributed by atoms with Crippen molar-refractivity contribution in [3.8, 4) is 0 Å². The molecule has 0 aromatic carbocycles. The molecule has 0 radical (unpaired) electrons. The third kappa shape index (κ3) is 3.14. The monoisotopic (exact) mass is 214 g/mol. The van der Waals surface area contributed by atoms with Gasteiger partial charge in [-0.3, -0.25) is 0 Å². The Morgan fingerprint density at radius 2 is 2.21 bits per heavy atom. The highest BCUT2D eigenvalue weighted by molar-refractivity contribution is 7.92. The zero-order valence-electron chi connectivity index (χ0n) is 7.80. The van der Waals surface area contributed by atoms with E-state index in [1.165, 1.54) is 30.8 Å². The van der Waals surface area contributed by atoms with Gasteiger partial charge < -0.3 is 5.11 Å². The van der Waals surface area contributed by atoms with Crippen molar-refractivity contribution in [1.29, 1.82) is 0 Å². The fourth-order valence-electron chi connectivity index (χ4n) is 0.847. The molecule has 6 heteroatoms. The number of pyridine rings is 1.